The number of para-hydroxylation sites is 1. The summed E-state index contributed by atoms with van der Waals surface area (Å²) in [5.74, 6) is 2.54. The third kappa shape index (κ3) is 5.80. The molecular weight excluding hydrogens is 491 g/mol. The van der Waals surface area contributed by atoms with Crippen LogP contribution in [-0.4, -0.2) is 20.7 Å². The number of guanidine groups is 1. The van der Waals surface area contributed by atoms with Gasteiger partial charge in [0.05, 0.1) is 6.54 Å². The molecule has 7 nitrogen and oxygen atoms in total. The van der Waals surface area contributed by atoms with E-state index in [9.17, 15) is 0 Å². The highest BCUT2D eigenvalue weighted by Crippen LogP contribution is 2.23. The van der Waals surface area contributed by atoms with Gasteiger partial charge >= 0.3 is 0 Å². The molecule has 8 heteroatoms. The molecule has 152 valence electrons. The molecule has 0 amide bonds. The summed E-state index contributed by atoms with van der Waals surface area (Å²) in [4.78, 5) is 8.72. The molecule has 0 aliphatic rings. The number of rotatable bonds is 6. The van der Waals surface area contributed by atoms with E-state index < -0.39 is 0 Å². The predicted molar refractivity (Wildman–Crippen MR) is 129 cm³/mol. The van der Waals surface area contributed by atoms with Gasteiger partial charge in [-0.15, -0.1) is 24.0 Å². The highest BCUT2D eigenvalue weighted by molar-refractivity contribution is 14.0. The largest absolute Gasteiger partial charge is 0.457 e. The van der Waals surface area contributed by atoms with Gasteiger partial charge in [-0.25, -0.2) is 14.7 Å². The molecule has 0 saturated carbocycles. The van der Waals surface area contributed by atoms with Crippen molar-refractivity contribution in [3.63, 3.8) is 0 Å². The zero-order valence-corrected chi connectivity index (χ0v) is 18.4. The smallest absolute Gasteiger partial charge is 0.193 e. The first-order valence-electron chi connectivity index (χ1n) is 9.11. The molecule has 0 bridgehead atoms. The number of nitrogens with two attached hydrogens (primary N) is 1. The van der Waals surface area contributed by atoms with E-state index in [0.29, 0.717) is 18.3 Å². The third-order valence-electron chi connectivity index (χ3n) is 4.07. The Morgan fingerprint density at radius 2 is 1.80 bits per heavy atom. The first kappa shape index (κ1) is 21.3. The second-order valence-corrected chi connectivity index (χ2v) is 6.24. The number of nitrogens with one attached hydrogen (secondary N) is 1. The first-order chi connectivity index (χ1) is 14.3. The number of aliphatic imine (C=N–C) groups is 1. The van der Waals surface area contributed by atoms with Gasteiger partial charge < -0.3 is 15.8 Å². The van der Waals surface area contributed by atoms with Crippen LogP contribution in [0.5, 0.6) is 11.5 Å². The number of anilines is 1. The molecular formula is C22H21IN6O. The van der Waals surface area contributed by atoms with Crippen LogP contribution in [0.3, 0.4) is 0 Å². The number of pyridine rings is 1. The molecule has 2 heterocycles. The standard InChI is InChI=1S/C22H20N6O.HI/c23-22(25-16-17-10-12-24-21(14-17)28-13-5-11-26-28)27-18-6-4-9-20(15-18)29-19-7-2-1-3-8-19;/h1-15H,16H2,(H3,23,25,27);1H. The third-order valence-corrected chi connectivity index (χ3v) is 4.07. The molecule has 2 aromatic carbocycles. The molecule has 0 fully saturated rings. The van der Waals surface area contributed by atoms with Crippen LogP contribution in [0.25, 0.3) is 5.82 Å². The second kappa shape index (κ2) is 10.4. The minimum atomic E-state index is 0. The van der Waals surface area contributed by atoms with Crippen molar-refractivity contribution in [2.45, 2.75) is 6.54 Å². The van der Waals surface area contributed by atoms with Crippen LogP contribution in [0.4, 0.5) is 5.69 Å². The van der Waals surface area contributed by atoms with Gasteiger partial charge in [0.2, 0.25) is 0 Å². The molecule has 4 aromatic rings. The molecule has 0 atom stereocenters. The number of aromatic nitrogens is 3. The summed E-state index contributed by atoms with van der Waals surface area (Å²) in [7, 11) is 0. The maximum absolute atomic E-state index is 6.05. The van der Waals surface area contributed by atoms with Crippen LogP contribution >= 0.6 is 24.0 Å². The summed E-state index contributed by atoms with van der Waals surface area (Å²) in [5.41, 5.74) is 7.83. The number of nitrogens with zero attached hydrogens (tertiary/aromatic N) is 4. The van der Waals surface area contributed by atoms with Gasteiger partial charge in [0, 0.05) is 30.3 Å². The van der Waals surface area contributed by atoms with Crippen molar-refractivity contribution in [2.24, 2.45) is 10.7 Å². The SMILES string of the molecule is I.NC(=NCc1ccnc(-n2cccn2)c1)Nc1cccc(Oc2ccccc2)c1. The molecule has 0 unspecified atom stereocenters. The van der Waals surface area contributed by atoms with Crippen molar-refractivity contribution in [3.05, 3.63) is 97.0 Å². The van der Waals surface area contributed by atoms with Crippen LogP contribution in [0.2, 0.25) is 0 Å². The minimum Gasteiger partial charge on any atom is -0.457 e. The normalized spacial score (nSPS) is 10.9. The van der Waals surface area contributed by atoms with E-state index >= 15 is 0 Å². The Morgan fingerprint density at radius 3 is 2.60 bits per heavy atom. The Bertz CT molecular complexity index is 1100. The fourth-order valence-electron chi connectivity index (χ4n) is 2.71. The van der Waals surface area contributed by atoms with Crippen LogP contribution < -0.4 is 15.8 Å². The van der Waals surface area contributed by atoms with Gasteiger partial charge in [-0.05, 0) is 48.0 Å². The van der Waals surface area contributed by atoms with Crippen molar-refractivity contribution >= 4 is 35.6 Å². The second-order valence-electron chi connectivity index (χ2n) is 6.24. The molecule has 0 radical (unpaired) electrons. The van der Waals surface area contributed by atoms with E-state index in [2.05, 4.69) is 20.4 Å². The monoisotopic (exact) mass is 512 g/mol. The van der Waals surface area contributed by atoms with Crippen LogP contribution in [0, 0.1) is 0 Å². The Hall–Kier alpha value is -3.40. The topological polar surface area (TPSA) is 90.4 Å². The lowest BCUT2D eigenvalue weighted by Gasteiger charge is -2.09. The Morgan fingerprint density at radius 1 is 0.967 bits per heavy atom. The predicted octanol–water partition coefficient (Wildman–Crippen LogP) is 4.60. The molecule has 30 heavy (non-hydrogen) atoms. The number of benzene rings is 2. The lowest BCUT2D eigenvalue weighted by molar-refractivity contribution is 0.483. The van der Waals surface area contributed by atoms with Crippen molar-refractivity contribution in [1.82, 2.24) is 14.8 Å². The van der Waals surface area contributed by atoms with Crippen molar-refractivity contribution in [2.75, 3.05) is 5.32 Å². The maximum atomic E-state index is 6.05. The van der Waals surface area contributed by atoms with Gasteiger partial charge in [-0.1, -0.05) is 24.3 Å². The zero-order valence-electron chi connectivity index (χ0n) is 16.1. The lowest BCUT2D eigenvalue weighted by atomic mass is 10.2. The van der Waals surface area contributed by atoms with Gasteiger partial charge in [-0.3, -0.25) is 0 Å². The van der Waals surface area contributed by atoms with E-state index in [0.717, 1.165) is 22.8 Å². The number of ether oxygens (including phenoxy) is 1. The molecule has 0 spiro atoms. The maximum Gasteiger partial charge on any atom is 0.193 e. The first-order valence-corrected chi connectivity index (χ1v) is 9.11. The minimum absolute atomic E-state index is 0. The average Bonchev–Trinajstić information content (AvgIpc) is 3.29. The molecule has 4 rings (SSSR count). The van der Waals surface area contributed by atoms with E-state index in [4.69, 9.17) is 10.5 Å². The molecule has 3 N–H and O–H groups in total. The quantitative estimate of drug-likeness (QED) is 0.224. The summed E-state index contributed by atoms with van der Waals surface area (Å²) in [5, 5.41) is 7.28. The van der Waals surface area contributed by atoms with Gasteiger partial charge in [0.25, 0.3) is 0 Å². The highest BCUT2D eigenvalue weighted by atomic mass is 127. The van der Waals surface area contributed by atoms with Gasteiger partial charge in [0.1, 0.15) is 11.5 Å². The van der Waals surface area contributed by atoms with Gasteiger partial charge in [-0.2, -0.15) is 5.10 Å². The summed E-state index contributed by atoms with van der Waals surface area (Å²) in [6, 6.07) is 22.9. The van der Waals surface area contributed by atoms with Crippen molar-refractivity contribution in [3.8, 4) is 17.3 Å². The Balaban J connectivity index is 0.00000256. The average molecular weight is 512 g/mol. The van der Waals surface area contributed by atoms with Crippen molar-refractivity contribution in [1.29, 1.82) is 0 Å². The fraction of sp³-hybridized carbons (Fsp3) is 0.0455. The number of hydrogen-bond donors (Lipinski definition) is 2. The lowest BCUT2D eigenvalue weighted by Crippen LogP contribution is -2.22. The van der Waals surface area contributed by atoms with Crippen LogP contribution in [-0.2, 0) is 6.54 Å². The molecule has 0 aliphatic carbocycles. The highest BCUT2D eigenvalue weighted by Gasteiger charge is 2.02. The number of halogens is 1. The molecule has 0 saturated heterocycles. The zero-order chi connectivity index (χ0) is 19.9. The summed E-state index contributed by atoms with van der Waals surface area (Å²) < 4.78 is 7.54. The molecule has 2 aromatic heterocycles. The molecule has 0 aliphatic heterocycles. The summed E-state index contributed by atoms with van der Waals surface area (Å²) in [6.45, 7) is 0.426. The summed E-state index contributed by atoms with van der Waals surface area (Å²) >= 11 is 0. The Kier molecular flexibility index (Phi) is 7.39. The van der Waals surface area contributed by atoms with E-state index in [1.54, 1.807) is 17.1 Å². The summed E-state index contributed by atoms with van der Waals surface area (Å²) in [6.07, 6.45) is 5.29. The fourth-order valence-corrected chi connectivity index (χ4v) is 2.71. The number of hydrogen-bond acceptors (Lipinski definition) is 4. The van der Waals surface area contributed by atoms with Gasteiger partial charge in [0.15, 0.2) is 11.8 Å². The Labute approximate surface area is 191 Å². The van der Waals surface area contributed by atoms with E-state index in [1.165, 1.54) is 0 Å². The van der Waals surface area contributed by atoms with Crippen molar-refractivity contribution < 1.29 is 4.74 Å². The van der Waals surface area contributed by atoms with E-state index in [1.807, 2.05) is 79.0 Å². The van der Waals surface area contributed by atoms with Crippen LogP contribution in [0.15, 0.2) is 96.4 Å². The van der Waals surface area contributed by atoms with E-state index in [-0.39, 0.29) is 24.0 Å². The van der Waals surface area contributed by atoms with Crippen LogP contribution in [0.1, 0.15) is 5.56 Å².